The van der Waals surface area contributed by atoms with E-state index in [1.54, 1.807) is 0 Å². The normalized spacial score (nSPS) is 7.00. The molecule has 0 aliphatic rings. The number of carbonyl (C=O) groups is 1. The van der Waals surface area contributed by atoms with Crippen molar-refractivity contribution in [3.63, 3.8) is 0 Å². The van der Waals surface area contributed by atoms with Gasteiger partial charge in [0.15, 0.2) is 0 Å². The summed E-state index contributed by atoms with van der Waals surface area (Å²) in [5.74, 6) is -0.704. The van der Waals surface area contributed by atoms with E-state index in [-0.39, 0.29) is 84.1 Å². The third-order valence-corrected chi connectivity index (χ3v) is 0.269. The fourth-order valence-corrected chi connectivity index (χ4v) is 0.107. The number of hydrogen-bond donors (Lipinski definition) is 0. The number of amides is 1. The van der Waals surface area contributed by atoms with Crippen LogP contribution in [-0.2, 0) is 37.5 Å². The maximum Gasteiger partial charge on any atom is 1.00 e. The topological polar surface area (TPSA) is 40.9 Å². The molecule has 0 unspecified atom stereocenters. The summed E-state index contributed by atoms with van der Waals surface area (Å²) in [7, 11) is 0. The van der Waals surface area contributed by atoms with Gasteiger partial charge in [0.2, 0.25) is 0 Å². The molecule has 8 heavy (non-hydrogen) atoms. The quantitative estimate of drug-likeness (QED) is 0.280. The van der Waals surface area contributed by atoms with Gasteiger partial charge in [-0.05, 0) is 5.91 Å². The van der Waals surface area contributed by atoms with Crippen molar-refractivity contribution in [3.05, 3.63) is 24.8 Å². The molecule has 0 aliphatic heterocycles. The molecule has 1 amide bonds. The first-order chi connectivity index (χ1) is 2.77. The Kier molecular flexibility index (Phi) is 23.8. The van der Waals surface area contributed by atoms with Gasteiger partial charge in [-0.2, -0.15) is 6.08 Å². The first-order valence-electron chi connectivity index (χ1n) is 1.48. The zero-order valence-electron chi connectivity index (χ0n) is 4.85. The van der Waals surface area contributed by atoms with Crippen molar-refractivity contribution >= 4 is 5.91 Å². The van der Waals surface area contributed by atoms with Crippen molar-refractivity contribution in [1.82, 2.24) is 0 Å². The Morgan fingerprint density at radius 2 is 2.00 bits per heavy atom. The van der Waals surface area contributed by atoms with E-state index in [0.717, 1.165) is 6.08 Å². The van der Waals surface area contributed by atoms with E-state index >= 15 is 0 Å². The van der Waals surface area contributed by atoms with Crippen molar-refractivity contribution in [1.29, 1.82) is 0 Å². The second-order valence-electron chi connectivity index (χ2n) is 0.767. The minimum absolute atomic E-state index is 0. The number of nitrogens with one attached hydrogen (secondary N) is 1. The van der Waals surface area contributed by atoms with Gasteiger partial charge >= 0.3 is 51.4 Å². The van der Waals surface area contributed by atoms with Crippen LogP contribution in [0.2, 0.25) is 0 Å². The van der Waals surface area contributed by atoms with Crippen LogP contribution in [0.25, 0.3) is 5.73 Å². The zero-order chi connectivity index (χ0) is 4.99. The van der Waals surface area contributed by atoms with Crippen molar-refractivity contribution in [2.24, 2.45) is 0 Å². The Morgan fingerprint density at radius 1 is 1.62 bits per heavy atom. The van der Waals surface area contributed by atoms with Crippen LogP contribution in [0.5, 0.6) is 0 Å². The molecule has 4 heteroatoms. The first-order valence-corrected chi connectivity index (χ1v) is 1.48. The summed E-state index contributed by atoms with van der Waals surface area (Å²) >= 11 is 0. The predicted molar refractivity (Wildman–Crippen MR) is 23.8 cm³/mol. The summed E-state index contributed by atoms with van der Waals surface area (Å²) in [6, 6.07) is 0. The summed E-state index contributed by atoms with van der Waals surface area (Å²) in [5.41, 5.74) is 6.21. The van der Waals surface area contributed by atoms with Gasteiger partial charge in [0.25, 0.3) is 0 Å². The van der Waals surface area contributed by atoms with Gasteiger partial charge in [0, 0.05) is 32.7 Å². The minimum Gasteiger partial charge on any atom is -0.680 e. The molecule has 0 bridgehead atoms. The van der Waals surface area contributed by atoms with Gasteiger partial charge in [-0.15, -0.1) is 0 Å². The van der Waals surface area contributed by atoms with Gasteiger partial charge < -0.3 is 10.5 Å². The smallest absolute Gasteiger partial charge is 0.680 e. The van der Waals surface area contributed by atoms with Gasteiger partial charge in [0.05, 0.1) is 0 Å². The summed E-state index contributed by atoms with van der Waals surface area (Å²) in [5, 5.41) is 0. The molecule has 0 spiro atoms. The van der Waals surface area contributed by atoms with Crippen LogP contribution in [0.4, 0.5) is 0 Å². The fourth-order valence-electron chi connectivity index (χ4n) is 0.107. The van der Waals surface area contributed by atoms with E-state index in [1.807, 2.05) is 0 Å². The van der Waals surface area contributed by atoms with E-state index in [2.05, 4.69) is 6.92 Å². The van der Waals surface area contributed by atoms with Gasteiger partial charge in [-0.25, -0.2) is 13.0 Å². The number of allylic oxidation sites excluding steroid dienone is 1. The summed E-state index contributed by atoms with van der Waals surface area (Å²) < 4.78 is 0. The van der Waals surface area contributed by atoms with Crippen molar-refractivity contribution in [2.45, 2.75) is 0 Å². The average Bonchev–Trinajstić information content (AvgIpc) is 1.35. The van der Waals surface area contributed by atoms with Gasteiger partial charge in [0.1, 0.15) is 0 Å². The van der Waals surface area contributed by atoms with Crippen LogP contribution >= 0.6 is 0 Å². The molecular weight excluding hydrogens is 206 g/mol. The van der Waals surface area contributed by atoms with Crippen LogP contribution in [0, 0.1) is 6.92 Å². The summed E-state index contributed by atoms with van der Waals surface area (Å²) in [6.07, 6.45) is 2.37. The Labute approximate surface area is 117 Å². The molecule has 0 atom stereocenters. The molecular formula is C4H5KNOY-. The van der Waals surface area contributed by atoms with Crippen molar-refractivity contribution in [3.8, 4) is 0 Å². The molecule has 0 aliphatic carbocycles. The van der Waals surface area contributed by atoms with Crippen molar-refractivity contribution < 1.29 is 88.9 Å². The molecule has 0 rings (SSSR count). The third kappa shape index (κ3) is 15.7. The summed E-state index contributed by atoms with van der Waals surface area (Å²) in [4.78, 5) is 9.58. The average molecular weight is 211 g/mol. The van der Waals surface area contributed by atoms with Crippen LogP contribution in [0.15, 0.2) is 12.2 Å². The molecule has 1 radical (unpaired) electrons. The standard InChI is InChI=1S/C4H6NO.K.Y/c1-2-3-4(5)6;;/h2-3H,1H2,(H2,5,6);;/q-1;+1;/p-1/b3-2+;;. The van der Waals surface area contributed by atoms with E-state index in [1.165, 1.54) is 6.08 Å². The number of hydrogen-bond acceptors (Lipinski definition) is 1. The van der Waals surface area contributed by atoms with Gasteiger partial charge in [-0.3, -0.25) is 0 Å². The summed E-state index contributed by atoms with van der Waals surface area (Å²) in [6.45, 7) is 3.20. The largest absolute Gasteiger partial charge is 1.00 e. The molecule has 0 aromatic carbocycles. The van der Waals surface area contributed by atoms with E-state index in [9.17, 15) is 4.79 Å². The molecule has 0 aromatic rings. The van der Waals surface area contributed by atoms with Crippen LogP contribution in [0.3, 0.4) is 0 Å². The Bertz CT molecular complexity index is 84.1. The maximum absolute atomic E-state index is 9.58. The number of rotatable bonds is 1. The predicted octanol–water partition coefficient (Wildman–Crippen LogP) is -2.04. The third-order valence-electron chi connectivity index (χ3n) is 0.269. The molecule has 37 valence electrons. The molecule has 0 heterocycles. The second-order valence-corrected chi connectivity index (χ2v) is 0.767. The molecule has 0 saturated carbocycles. The van der Waals surface area contributed by atoms with E-state index < -0.39 is 5.91 Å². The Balaban J connectivity index is -0.000000125. The first kappa shape index (κ1) is 16.4. The second kappa shape index (κ2) is 11.6. The SMILES string of the molecule is [CH2-]/C=C/C([NH-])=O.[K+].[Y]. The van der Waals surface area contributed by atoms with Crippen LogP contribution in [0.1, 0.15) is 0 Å². The zero-order valence-corrected chi connectivity index (χ0v) is 10.8. The molecule has 0 aromatic heterocycles. The number of carbonyl (C=O) groups excluding carboxylic acids is 1. The van der Waals surface area contributed by atoms with E-state index in [0.29, 0.717) is 0 Å². The minimum atomic E-state index is -0.704. The fraction of sp³-hybridized carbons (Fsp3) is 0. The maximum atomic E-state index is 9.58. The Morgan fingerprint density at radius 3 is 2.00 bits per heavy atom. The van der Waals surface area contributed by atoms with Gasteiger partial charge in [-0.1, -0.05) is 0 Å². The molecule has 0 fully saturated rings. The Hall–Kier alpha value is 1.82. The van der Waals surface area contributed by atoms with Crippen molar-refractivity contribution in [2.75, 3.05) is 0 Å². The molecule has 0 saturated heterocycles. The molecule has 2 nitrogen and oxygen atoms in total. The van der Waals surface area contributed by atoms with E-state index in [4.69, 9.17) is 5.73 Å². The van der Waals surface area contributed by atoms with Crippen LogP contribution in [-0.4, -0.2) is 5.91 Å². The molecule has 1 N–H and O–H groups in total. The monoisotopic (exact) mass is 211 g/mol. The van der Waals surface area contributed by atoms with Crippen LogP contribution < -0.4 is 51.4 Å².